The number of amides is 9. The van der Waals surface area contributed by atoms with E-state index in [1.807, 2.05) is 10.6 Å². The predicted octanol–water partition coefficient (Wildman–Crippen LogP) is 3.21. The monoisotopic (exact) mass is 617 g/mol. The lowest BCUT2D eigenvalue weighted by Gasteiger charge is -2.23. The summed E-state index contributed by atoms with van der Waals surface area (Å²) in [4.78, 5) is 70.6. The first-order valence-electron chi connectivity index (χ1n) is 14.7. The van der Waals surface area contributed by atoms with Crippen LogP contribution in [0.1, 0.15) is 85.5 Å². The number of imide groups is 2. The zero-order chi connectivity index (χ0) is 32.5. The van der Waals surface area contributed by atoms with Crippen molar-refractivity contribution in [2.75, 3.05) is 39.9 Å². The van der Waals surface area contributed by atoms with Gasteiger partial charge in [0.25, 0.3) is 0 Å². The summed E-state index contributed by atoms with van der Waals surface area (Å²) in [7, 11) is 1.39. The first-order chi connectivity index (χ1) is 20.4. The lowest BCUT2D eigenvalue weighted by molar-refractivity contribution is 0.0416. The van der Waals surface area contributed by atoms with Crippen molar-refractivity contribution in [2.45, 2.75) is 97.1 Å². The summed E-state index contributed by atoms with van der Waals surface area (Å²) in [6.07, 6.45) is 5.85. The third-order valence-electron chi connectivity index (χ3n) is 5.43. The molecular weight excluding hydrogens is 566 g/mol. The van der Waals surface area contributed by atoms with Crippen LogP contribution in [0.5, 0.6) is 0 Å². The fourth-order valence-corrected chi connectivity index (χ4v) is 3.33. The maximum atomic E-state index is 12.0. The van der Waals surface area contributed by atoms with Crippen LogP contribution in [-0.4, -0.2) is 87.9 Å². The smallest absolute Gasteiger partial charge is 0.408 e. The number of unbranched alkanes of at least 4 members (excludes halogenated alkanes) is 7. The van der Waals surface area contributed by atoms with E-state index in [1.54, 1.807) is 20.8 Å². The molecule has 16 nitrogen and oxygen atoms in total. The standard InChI is InChI=1S/C27H51N7O9/c1-6-7-8-9-12-15-29-21(35)33-23(37)34-22(36)30-16-13-10-11-14-17-31-25(39)42-19-20(18-41-24(38)28-5)32-26(40)43-27(2,3)4/h20H,6-19H2,1-5H3,(H,28,38)(H,31,39)(H,32,40)(H4,29,30,33,34,35,36,37). The summed E-state index contributed by atoms with van der Waals surface area (Å²) < 4.78 is 15.2. The van der Waals surface area contributed by atoms with Crippen LogP contribution in [-0.2, 0) is 14.2 Å². The van der Waals surface area contributed by atoms with Crippen LogP contribution in [0.25, 0.3) is 0 Å². The van der Waals surface area contributed by atoms with Crippen LogP contribution in [0.15, 0.2) is 0 Å². The molecule has 43 heavy (non-hydrogen) atoms. The summed E-state index contributed by atoms with van der Waals surface area (Å²) in [6, 6.07) is -3.11. The van der Waals surface area contributed by atoms with Crippen molar-refractivity contribution < 1.29 is 43.0 Å². The number of carbonyl (C=O) groups excluding carboxylic acids is 6. The number of carbonyl (C=O) groups is 6. The molecule has 1 atom stereocenters. The molecule has 9 amide bonds. The molecule has 16 heteroatoms. The fourth-order valence-electron chi connectivity index (χ4n) is 3.33. The topological polar surface area (TPSA) is 214 Å². The van der Waals surface area contributed by atoms with Gasteiger partial charge in [0.15, 0.2) is 0 Å². The van der Waals surface area contributed by atoms with Gasteiger partial charge in [-0.05, 0) is 40.0 Å². The predicted molar refractivity (Wildman–Crippen MR) is 159 cm³/mol. The molecule has 0 aromatic carbocycles. The highest BCUT2D eigenvalue weighted by molar-refractivity contribution is 6.01. The molecule has 1 unspecified atom stereocenters. The zero-order valence-corrected chi connectivity index (χ0v) is 26.2. The van der Waals surface area contributed by atoms with Gasteiger partial charge in [-0.1, -0.05) is 45.4 Å². The largest absolute Gasteiger partial charge is 0.447 e. The maximum Gasteiger partial charge on any atom is 0.408 e. The van der Waals surface area contributed by atoms with Gasteiger partial charge in [-0.3, -0.25) is 10.6 Å². The summed E-state index contributed by atoms with van der Waals surface area (Å²) in [5.74, 6) is 0. The quantitative estimate of drug-likeness (QED) is 0.0887. The highest BCUT2D eigenvalue weighted by atomic mass is 16.6. The van der Waals surface area contributed by atoms with Crippen molar-refractivity contribution in [2.24, 2.45) is 0 Å². The summed E-state index contributed by atoms with van der Waals surface area (Å²) >= 11 is 0. The molecule has 0 aliphatic heterocycles. The maximum absolute atomic E-state index is 12.0. The molecule has 7 N–H and O–H groups in total. The second kappa shape index (κ2) is 23.6. The summed E-state index contributed by atoms with van der Waals surface area (Å²) in [6.45, 7) is 7.83. The second-order valence-corrected chi connectivity index (χ2v) is 10.6. The number of nitrogens with one attached hydrogen (secondary N) is 7. The average Bonchev–Trinajstić information content (AvgIpc) is 2.92. The molecule has 0 saturated carbocycles. The van der Waals surface area contributed by atoms with E-state index in [4.69, 9.17) is 14.2 Å². The van der Waals surface area contributed by atoms with E-state index in [9.17, 15) is 28.8 Å². The number of rotatable bonds is 18. The van der Waals surface area contributed by atoms with E-state index in [1.165, 1.54) is 7.05 Å². The Morgan fingerprint density at radius 3 is 1.53 bits per heavy atom. The van der Waals surface area contributed by atoms with Gasteiger partial charge >= 0.3 is 36.4 Å². The van der Waals surface area contributed by atoms with Gasteiger partial charge < -0.3 is 40.8 Å². The molecule has 0 aromatic rings. The molecule has 0 bridgehead atoms. The lowest BCUT2D eigenvalue weighted by Crippen LogP contribution is -2.49. The van der Waals surface area contributed by atoms with Crippen molar-refractivity contribution in [1.29, 1.82) is 0 Å². The Morgan fingerprint density at radius 1 is 0.605 bits per heavy atom. The number of urea groups is 3. The SMILES string of the molecule is CCCCCCCNC(=O)NC(=O)NC(=O)NCCCCCCNC(=O)OCC(COC(=O)NC)NC(=O)OC(C)(C)C. The van der Waals surface area contributed by atoms with Crippen LogP contribution in [0.3, 0.4) is 0 Å². The average molecular weight is 618 g/mol. The van der Waals surface area contributed by atoms with Crippen LogP contribution < -0.4 is 37.2 Å². The van der Waals surface area contributed by atoms with Crippen LogP contribution in [0.2, 0.25) is 0 Å². The third-order valence-corrected chi connectivity index (χ3v) is 5.43. The van der Waals surface area contributed by atoms with Crippen LogP contribution in [0, 0.1) is 0 Å². The lowest BCUT2D eigenvalue weighted by atomic mass is 10.1. The molecule has 0 aliphatic carbocycles. The fraction of sp³-hybridized carbons (Fsp3) is 0.778. The Kier molecular flexibility index (Phi) is 21.4. The van der Waals surface area contributed by atoms with Crippen molar-refractivity contribution in [3.8, 4) is 0 Å². The second-order valence-electron chi connectivity index (χ2n) is 10.6. The van der Waals surface area contributed by atoms with Gasteiger partial charge in [-0.25, -0.2) is 28.8 Å². The Hall–Kier alpha value is -3.98. The molecule has 0 radical (unpaired) electrons. The highest BCUT2D eigenvalue weighted by Crippen LogP contribution is 2.07. The summed E-state index contributed by atoms with van der Waals surface area (Å²) in [5.41, 5.74) is -0.737. The molecule has 0 heterocycles. The van der Waals surface area contributed by atoms with Crippen molar-refractivity contribution in [1.82, 2.24) is 37.2 Å². The summed E-state index contributed by atoms with van der Waals surface area (Å²) in [5, 5.41) is 16.5. The van der Waals surface area contributed by atoms with E-state index in [0.29, 0.717) is 32.5 Å². The number of hydrogen-bond donors (Lipinski definition) is 7. The minimum Gasteiger partial charge on any atom is -0.447 e. The Bertz CT molecular complexity index is 866. The van der Waals surface area contributed by atoms with E-state index in [2.05, 4.69) is 33.5 Å². The Labute approximate surface area is 253 Å². The zero-order valence-electron chi connectivity index (χ0n) is 26.2. The van der Waals surface area contributed by atoms with Crippen molar-refractivity contribution in [3.63, 3.8) is 0 Å². The molecule has 0 aromatic heterocycles. The van der Waals surface area contributed by atoms with Gasteiger partial charge in [0.1, 0.15) is 24.9 Å². The third kappa shape index (κ3) is 25.5. The number of alkyl carbamates (subject to hydrolysis) is 3. The van der Waals surface area contributed by atoms with Crippen molar-refractivity contribution in [3.05, 3.63) is 0 Å². The minimum atomic E-state index is -0.912. The minimum absolute atomic E-state index is 0.239. The first-order valence-corrected chi connectivity index (χ1v) is 14.7. The molecule has 0 rings (SSSR count). The van der Waals surface area contributed by atoms with E-state index in [-0.39, 0.29) is 13.2 Å². The molecule has 0 aliphatic rings. The van der Waals surface area contributed by atoms with E-state index < -0.39 is 48.0 Å². The van der Waals surface area contributed by atoms with E-state index >= 15 is 0 Å². The Morgan fingerprint density at radius 2 is 1.07 bits per heavy atom. The van der Waals surface area contributed by atoms with Crippen LogP contribution in [0.4, 0.5) is 28.8 Å². The van der Waals surface area contributed by atoms with Gasteiger partial charge in [-0.15, -0.1) is 0 Å². The van der Waals surface area contributed by atoms with Gasteiger partial charge in [-0.2, -0.15) is 0 Å². The van der Waals surface area contributed by atoms with Crippen molar-refractivity contribution >= 4 is 36.4 Å². The molecular formula is C27H51N7O9. The normalized spacial score (nSPS) is 11.3. The molecule has 0 saturated heterocycles. The van der Waals surface area contributed by atoms with Crippen LogP contribution >= 0.6 is 0 Å². The Balaban J connectivity index is 4.00. The van der Waals surface area contributed by atoms with Gasteiger partial charge in [0.05, 0.1) is 0 Å². The number of ether oxygens (including phenoxy) is 3. The molecule has 248 valence electrons. The van der Waals surface area contributed by atoms with E-state index in [0.717, 1.165) is 44.9 Å². The molecule has 0 fully saturated rings. The first kappa shape index (κ1) is 39.0. The van der Waals surface area contributed by atoms with Gasteiger partial charge in [0, 0.05) is 26.7 Å². The van der Waals surface area contributed by atoms with Gasteiger partial charge in [0.2, 0.25) is 0 Å². The molecule has 0 spiro atoms. The highest BCUT2D eigenvalue weighted by Gasteiger charge is 2.22. The number of hydrogen-bond acceptors (Lipinski definition) is 9.